The van der Waals surface area contributed by atoms with E-state index < -0.39 is 6.10 Å². The van der Waals surface area contributed by atoms with E-state index in [1.807, 2.05) is 24.3 Å². The Labute approximate surface area is 155 Å². The van der Waals surface area contributed by atoms with Crippen LogP contribution in [0.3, 0.4) is 0 Å². The average molecular weight is 359 g/mol. The molecular weight excluding hydrogens is 330 g/mol. The van der Waals surface area contributed by atoms with Crippen LogP contribution in [0.5, 0.6) is 5.88 Å². The maximum Gasteiger partial charge on any atom is 0.252 e. The number of para-hydroxylation sites is 1. The minimum Gasteiger partial charge on any atom is -0.478 e. The first kappa shape index (κ1) is 20.1. The lowest BCUT2D eigenvalue weighted by molar-refractivity contribution is 0.0949. The summed E-state index contributed by atoms with van der Waals surface area (Å²) >= 11 is 0. The smallest absolute Gasteiger partial charge is 0.252 e. The van der Waals surface area contributed by atoms with Crippen LogP contribution >= 0.6 is 0 Å². The van der Waals surface area contributed by atoms with Crippen LogP contribution in [0.25, 0.3) is 10.9 Å². The van der Waals surface area contributed by atoms with Crippen molar-refractivity contribution in [2.24, 2.45) is 0 Å². The lowest BCUT2D eigenvalue weighted by atomic mass is 10.1. The van der Waals surface area contributed by atoms with Crippen LogP contribution < -0.4 is 10.1 Å². The number of ether oxygens (including phenoxy) is 1. The molecule has 2 rings (SSSR count). The maximum atomic E-state index is 12.7. The molecule has 0 fully saturated rings. The van der Waals surface area contributed by atoms with Gasteiger partial charge in [0.05, 0.1) is 23.8 Å². The highest BCUT2D eigenvalue weighted by Crippen LogP contribution is 2.22. The van der Waals surface area contributed by atoms with Crippen LogP contribution in [-0.2, 0) is 0 Å². The number of likely N-dealkylation sites (N-methyl/N-ethyl adjacent to an activating group) is 1. The fourth-order valence-electron chi connectivity index (χ4n) is 2.71. The van der Waals surface area contributed by atoms with Gasteiger partial charge in [-0.05, 0) is 26.1 Å². The second-order valence-electron chi connectivity index (χ2n) is 6.29. The minimum absolute atomic E-state index is 0.129. The summed E-state index contributed by atoms with van der Waals surface area (Å²) in [6, 6.07) is 9.21. The van der Waals surface area contributed by atoms with Crippen molar-refractivity contribution in [2.75, 3.05) is 32.8 Å². The Hall–Kier alpha value is -2.18. The lowest BCUT2D eigenvalue weighted by Gasteiger charge is -2.18. The molecular formula is C20H29N3O3. The number of carbonyl (C=O) groups excluding carboxylic acids is 1. The number of hydrogen-bond donors (Lipinski definition) is 2. The summed E-state index contributed by atoms with van der Waals surface area (Å²) in [7, 11) is 0. The van der Waals surface area contributed by atoms with E-state index in [9.17, 15) is 9.90 Å². The highest BCUT2D eigenvalue weighted by atomic mass is 16.5. The van der Waals surface area contributed by atoms with Gasteiger partial charge in [-0.1, -0.05) is 32.0 Å². The summed E-state index contributed by atoms with van der Waals surface area (Å²) in [5, 5.41) is 13.1. The number of nitrogens with one attached hydrogen (secondary N) is 1. The SMILES string of the molecule is CCN(CC)CCNC(=O)c1cc(OCCC(C)O)nc2ccccc12. The first-order chi connectivity index (χ1) is 12.5. The van der Waals surface area contributed by atoms with Gasteiger partial charge < -0.3 is 20.1 Å². The number of benzene rings is 1. The molecule has 1 aromatic carbocycles. The first-order valence-electron chi connectivity index (χ1n) is 9.26. The number of hydrogen-bond acceptors (Lipinski definition) is 5. The van der Waals surface area contributed by atoms with E-state index in [4.69, 9.17) is 4.74 Å². The third kappa shape index (κ3) is 5.68. The molecule has 6 heteroatoms. The monoisotopic (exact) mass is 359 g/mol. The Kier molecular flexibility index (Phi) is 7.81. The first-order valence-corrected chi connectivity index (χ1v) is 9.26. The minimum atomic E-state index is -0.432. The van der Waals surface area contributed by atoms with E-state index >= 15 is 0 Å². The summed E-state index contributed by atoms with van der Waals surface area (Å²) in [6.45, 7) is 9.63. The molecule has 1 amide bonds. The quantitative estimate of drug-likeness (QED) is 0.682. The standard InChI is InChI=1S/C20H29N3O3/c1-4-23(5-2)12-11-21-20(25)17-14-19(26-13-10-15(3)24)22-18-9-7-6-8-16(17)18/h6-9,14-15,24H,4-5,10-13H2,1-3H3,(H,21,25). The molecule has 2 aromatic rings. The number of pyridine rings is 1. The molecule has 0 saturated heterocycles. The van der Waals surface area contributed by atoms with Gasteiger partial charge in [-0.25, -0.2) is 4.98 Å². The number of fused-ring (bicyclic) bond motifs is 1. The zero-order valence-corrected chi connectivity index (χ0v) is 15.9. The van der Waals surface area contributed by atoms with Gasteiger partial charge >= 0.3 is 0 Å². The van der Waals surface area contributed by atoms with Gasteiger partial charge in [0.25, 0.3) is 5.91 Å². The van der Waals surface area contributed by atoms with Gasteiger partial charge in [-0.15, -0.1) is 0 Å². The third-order valence-electron chi connectivity index (χ3n) is 4.33. The molecule has 0 aliphatic rings. The van der Waals surface area contributed by atoms with Gasteiger partial charge in [-0.3, -0.25) is 4.79 Å². The number of carbonyl (C=O) groups is 1. The van der Waals surface area contributed by atoms with Crippen molar-refractivity contribution in [1.82, 2.24) is 15.2 Å². The lowest BCUT2D eigenvalue weighted by Crippen LogP contribution is -2.34. The number of nitrogens with zero attached hydrogens (tertiary/aromatic N) is 2. The number of rotatable bonds is 10. The number of aliphatic hydroxyl groups is 1. The Balaban J connectivity index is 2.14. The molecule has 26 heavy (non-hydrogen) atoms. The van der Waals surface area contributed by atoms with Crippen molar-refractivity contribution < 1.29 is 14.6 Å². The zero-order valence-electron chi connectivity index (χ0n) is 15.9. The Morgan fingerprint density at radius 1 is 1.31 bits per heavy atom. The fourth-order valence-corrected chi connectivity index (χ4v) is 2.71. The molecule has 1 heterocycles. The van der Waals surface area contributed by atoms with Gasteiger partial charge in [0.2, 0.25) is 5.88 Å². The molecule has 1 atom stereocenters. The van der Waals surface area contributed by atoms with Crippen LogP contribution in [0.2, 0.25) is 0 Å². The van der Waals surface area contributed by atoms with Crippen LogP contribution in [0, 0.1) is 0 Å². The van der Waals surface area contributed by atoms with Gasteiger partial charge in [-0.2, -0.15) is 0 Å². The number of amides is 1. The maximum absolute atomic E-state index is 12.7. The normalized spacial score (nSPS) is 12.3. The molecule has 1 aromatic heterocycles. The third-order valence-corrected chi connectivity index (χ3v) is 4.33. The summed E-state index contributed by atoms with van der Waals surface area (Å²) in [5.41, 5.74) is 1.28. The van der Waals surface area contributed by atoms with E-state index in [1.54, 1.807) is 13.0 Å². The molecule has 1 unspecified atom stereocenters. The molecule has 6 nitrogen and oxygen atoms in total. The van der Waals surface area contributed by atoms with Crippen molar-refractivity contribution >= 4 is 16.8 Å². The van der Waals surface area contributed by atoms with E-state index in [-0.39, 0.29) is 5.91 Å². The highest BCUT2D eigenvalue weighted by Gasteiger charge is 2.14. The summed E-state index contributed by atoms with van der Waals surface area (Å²) in [6.07, 6.45) is 0.0817. The van der Waals surface area contributed by atoms with E-state index in [1.165, 1.54) is 0 Å². The molecule has 0 radical (unpaired) electrons. The number of aromatic nitrogens is 1. The van der Waals surface area contributed by atoms with Crippen LogP contribution in [0.4, 0.5) is 0 Å². The molecule has 142 valence electrons. The summed E-state index contributed by atoms with van der Waals surface area (Å²) in [4.78, 5) is 19.4. The zero-order chi connectivity index (χ0) is 18.9. The molecule has 0 saturated carbocycles. The highest BCUT2D eigenvalue weighted by molar-refractivity contribution is 6.06. The summed E-state index contributed by atoms with van der Waals surface area (Å²) in [5.74, 6) is 0.273. The molecule has 0 bridgehead atoms. The van der Waals surface area contributed by atoms with E-state index in [0.29, 0.717) is 31.0 Å². The second-order valence-corrected chi connectivity index (χ2v) is 6.29. The van der Waals surface area contributed by atoms with Crippen molar-refractivity contribution in [1.29, 1.82) is 0 Å². The largest absolute Gasteiger partial charge is 0.478 e. The van der Waals surface area contributed by atoms with E-state index in [0.717, 1.165) is 30.5 Å². The summed E-state index contributed by atoms with van der Waals surface area (Å²) < 4.78 is 5.63. The van der Waals surface area contributed by atoms with Crippen LogP contribution in [-0.4, -0.2) is 59.8 Å². The predicted molar refractivity (Wildman–Crippen MR) is 104 cm³/mol. The topological polar surface area (TPSA) is 74.7 Å². The predicted octanol–water partition coefficient (Wildman–Crippen LogP) is 2.46. The Morgan fingerprint density at radius 2 is 2.04 bits per heavy atom. The van der Waals surface area contributed by atoms with Crippen molar-refractivity contribution in [3.8, 4) is 5.88 Å². The Bertz CT molecular complexity index is 715. The van der Waals surface area contributed by atoms with Crippen LogP contribution in [0.1, 0.15) is 37.6 Å². The fraction of sp³-hybridized carbons (Fsp3) is 0.500. The van der Waals surface area contributed by atoms with E-state index in [2.05, 4.69) is 29.0 Å². The van der Waals surface area contributed by atoms with Gasteiger partial charge in [0.1, 0.15) is 0 Å². The van der Waals surface area contributed by atoms with Gasteiger partial charge in [0.15, 0.2) is 0 Å². The van der Waals surface area contributed by atoms with Crippen molar-refractivity contribution in [3.63, 3.8) is 0 Å². The molecule has 2 N–H and O–H groups in total. The van der Waals surface area contributed by atoms with Crippen molar-refractivity contribution in [3.05, 3.63) is 35.9 Å². The Morgan fingerprint density at radius 3 is 2.73 bits per heavy atom. The average Bonchev–Trinajstić information content (AvgIpc) is 2.64. The molecule has 0 aliphatic carbocycles. The second kappa shape index (κ2) is 10.1. The van der Waals surface area contributed by atoms with Crippen LogP contribution in [0.15, 0.2) is 30.3 Å². The van der Waals surface area contributed by atoms with Crippen molar-refractivity contribution in [2.45, 2.75) is 33.3 Å². The molecule has 0 spiro atoms. The van der Waals surface area contributed by atoms with Gasteiger partial charge in [0, 0.05) is 31.0 Å². The number of aliphatic hydroxyl groups excluding tert-OH is 1. The molecule has 0 aliphatic heterocycles.